The van der Waals surface area contributed by atoms with Crippen molar-refractivity contribution in [3.05, 3.63) is 94.7 Å². The lowest BCUT2D eigenvalue weighted by molar-refractivity contribution is 0.117. The first-order valence-corrected chi connectivity index (χ1v) is 10.4. The van der Waals surface area contributed by atoms with Crippen LogP contribution in [0.25, 0.3) is 22.2 Å². The van der Waals surface area contributed by atoms with Crippen LogP contribution in [-0.4, -0.2) is 23.7 Å². The summed E-state index contributed by atoms with van der Waals surface area (Å²) < 4.78 is 25.0. The number of benzene rings is 3. The minimum Gasteiger partial charge on any atom is -0.407 e. The number of halogens is 1. The van der Waals surface area contributed by atoms with E-state index in [0.717, 1.165) is 27.7 Å². The fourth-order valence-electron chi connectivity index (χ4n) is 3.40. The van der Waals surface area contributed by atoms with E-state index < -0.39 is 11.8 Å². The van der Waals surface area contributed by atoms with Gasteiger partial charge in [0.15, 0.2) is 5.58 Å². The number of rotatable bonds is 8. The number of carbonyl (C=O) groups is 1. The largest absolute Gasteiger partial charge is 0.428 e. The standard InChI is InChI=1S/C25H23FN2O4/c26-21-11-8-19(9-12-21)20-10-13-23-22(16-20)28(25(30)32-23)24(29)27-14-4-5-15-31-17-18-6-2-1-3-7-18/h1-3,6-13,16H,4-5,14-15,17H2,(H,27,29). The molecular formula is C25H23FN2O4. The Bertz CT molecular complexity index is 1250. The van der Waals surface area contributed by atoms with Crippen molar-refractivity contribution in [1.29, 1.82) is 0 Å². The molecule has 4 aromatic rings. The normalized spacial score (nSPS) is 11.0. The highest BCUT2D eigenvalue weighted by Crippen LogP contribution is 2.24. The van der Waals surface area contributed by atoms with Crippen molar-refractivity contribution in [3.63, 3.8) is 0 Å². The first-order chi connectivity index (χ1) is 15.6. The van der Waals surface area contributed by atoms with Crippen LogP contribution in [0.5, 0.6) is 0 Å². The molecule has 0 unspecified atom stereocenters. The van der Waals surface area contributed by atoms with Gasteiger partial charge in [-0.1, -0.05) is 48.5 Å². The van der Waals surface area contributed by atoms with Gasteiger partial charge in [-0.3, -0.25) is 0 Å². The van der Waals surface area contributed by atoms with E-state index in [1.807, 2.05) is 30.3 Å². The number of nitrogens with one attached hydrogen (secondary N) is 1. The zero-order valence-corrected chi connectivity index (χ0v) is 17.4. The molecule has 1 aromatic heterocycles. The third kappa shape index (κ3) is 5.12. The van der Waals surface area contributed by atoms with E-state index in [9.17, 15) is 14.0 Å². The second-order valence-corrected chi connectivity index (χ2v) is 7.37. The molecule has 3 aromatic carbocycles. The molecule has 0 aliphatic carbocycles. The highest BCUT2D eigenvalue weighted by Gasteiger charge is 2.16. The summed E-state index contributed by atoms with van der Waals surface area (Å²) in [6.07, 6.45) is 1.49. The number of amides is 1. The molecule has 0 fully saturated rings. The van der Waals surface area contributed by atoms with Crippen LogP contribution in [-0.2, 0) is 11.3 Å². The Balaban J connectivity index is 1.33. The number of unbranched alkanes of at least 4 members (excludes halogenated alkanes) is 1. The van der Waals surface area contributed by atoms with Crippen molar-refractivity contribution >= 4 is 17.1 Å². The fraction of sp³-hybridized carbons (Fsp3) is 0.200. The van der Waals surface area contributed by atoms with E-state index in [1.54, 1.807) is 30.3 Å². The lowest BCUT2D eigenvalue weighted by atomic mass is 10.1. The van der Waals surface area contributed by atoms with Gasteiger partial charge < -0.3 is 14.5 Å². The summed E-state index contributed by atoms with van der Waals surface area (Å²) >= 11 is 0. The summed E-state index contributed by atoms with van der Waals surface area (Å²) in [6, 6.07) is 20.4. The van der Waals surface area contributed by atoms with Gasteiger partial charge in [0, 0.05) is 13.2 Å². The fourth-order valence-corrected chi connectivity index (χ4v) is 3.40. The maximum absolute atomic E-state index is 13.2. The van der Waals surface area contributed by atoms with Crippen LogP contribution in [0.2, 0.25) is 0 Å². The molecule has 0 aliphatic heterocycles. The average molecular weight is 434 g/mol. The first-order valence-electron chi connectivity index (χ1n) is 10.4. The SMILES string of the molecule is O=C(NCCCCOCc1ccccc1)n1c(=O)oc2ccc(-c3ccc(F)cc3)cc21. The molecule has 6 nitrogen and oxygen atoms in total. The van der Waals surface area contributed by atoms with Crippen molar-refractivity contribution in [2.75, 3.05) is 13.2 Å². The van der Waals surface area contributed by atoms with E-state index in [-0.39, 0.29) is 5.82 Å². The average Bonchev–Trinajstić information content (AvgIpc) is 3.14. The number of ether oxygens (including phenoxy) is 1. The quantitative estimate of drug-likeness (QED) is 0.398. The molecule has 4 rings (SSSR count). The van der Waals surface area contributed by atoms with Crippen LogP contribution >= 0.6 is 0 Å². The van der Waals surface area contributed by atoms with Gasteiger partial charge in [-0.25, -0.2) is 14.0 Å². The van der Waals surface area contributed by atoms with Gasteiger partial charge in [0.25, 0.3) is 0 Å². The van der Waals surface area contributed by atoms with E-state index in [2.05, 4.69) is 5.32 Å². The summed E-state index contributed by atoms with van der Waals surface area (Å²) in [7, 11) is 0. The van der Waals surface area contributed by atoms with Gasteiger partial charge >= 0.3 is 11.8 Å². The molecule has 0 atom stereocenters. The topological polar surface area (TPSA) is 73.5 Å². The van der Waals surface area contributed by atoms with E-state index in [0.29, 0.717) is 37.3 Å². The molecular weight excluding hydrogens is 411 g/mol. The van der Waals surface area contributed by atoms with Crippen LogP contribution < -0.4 is 11.1 Å². The zero-order chi connectivity index (χ0) is 22.3. The number of nitrogens with zero attached hydrogens (tertiary/aromatic N) is 1. The van der Waals surface area contributed by atoms with E-state index in [4.69, 9.17) is 9.15 Å². The number of aromatic nitrogens is 1. The number of oxazole rings is 1. The Morgan fingerprint density at radius 3 is 2.50 bits per heavy atom. The molecule has 0 spiro atoms. The number of hydrogen-bond acceptors (Lipinski definition) is 4. The molecule has 32 heavy (non-hydrogen) atoms. The Morgan fingerprint density at radius 2 is 1.72 bits per heavy atom. The van der Waals surface area contributed by atoms with Gasteiger partial charge in [-0.15, -0.1) is 0 Å². The summed E-state index contributed by atoms with van der Waals surface area (Å²) in [6.45, 7) is 1.55. The lowest BCUT2D eigenvalue weighted by Crippen LogP contribution is -2.34. The van der Waals surface area contributed by atoms with Crippen molar-refractivity contribution in [2.24, 2.45) is 0 Å². The highest BCUT2D eigenvalue weighted by atomic mass is 19.1. The molecule has 7 heteroatoms. The van der Waals surface area contributed by atoms with Crippen LogP contribution in [0.3, 0.4) is 0 Å². The van der Waals surface area contributed by atoms with Gasteiger partial charge in [0.1, 0.15) is 11.3 Å². The van der Waals surface area contributed by atoms with Crippen molar-refractivity contribution in [2.45, 2.75) is 19.4 Å². The van der Waals surface area contributed by atoms with Gasteiger partial charge in [-0.2, -0.15) is 4.57 Å². The van der Waals surface area contributed by atoms with Crippen molar-refractivity contribution in [3.8, 4) is 11.1 Å². The predicted octanol–water partition coefficient (Wildman–Crippen LogP) is 4.96. The summed E-state index contributed by atoms with van der Waals surface area (Å²) in [5.41, 5.74) is 3.30. The molecule has 0 radical (unpaired) electrons. The monoisotopic (exact) mass is 434 g/mol. The van der Waals surface area contributed by atoms with Crippen LogP contribution in [0.1, 0.15) is 18.4 Å². The Hall–Kier alpha value is -3.71. The maximum Gasteiger partial charge on any atom is 0.428 e. The molecule has 0 saturated heterocycles. The molecule has 1 N–H and O–H groups in total. The summed E-state index contributed by atoms with van der Waals surface area (Å²) in [4.78, 5) is 24.9. The summed E-state index contributed by atoms with van der Waals surface area (Å²) in [5, 5.41) is 2.75. The minimum atomic E-state index is -0.750. The Kier molecular flexibility index (Phi) is 6.77. The van der Waals surface area contributed by atoms with E-state index in [1.165, 1.54) is 12.1 Å². The molecule has 0 bridgehead atoms. The highest BCUT2D eigenvalue weighted by molar-refractivity contribution is 5.90. The van der Waals surface area contributed by atoms with Crippen molar-refractivity contribution in [1.82, 2.24) is 9.88 Å². The Morgan fingerprint density at radius 1 is 0.969 bits per heavy atom. The molecule has 1 amide bonds. The van der Waals surface area contributed by atoms with Crippen LogP contribution in [0.15, 0.2) is 82.0 Å². The second-order valence-electron chi connectivity index (χ2n) is 7.37. The smallest absolute Gasteiger partial charge is 0.407 e. The first kappa shape index (κ1) is 21.5. The predicted molar refractivity (Wildman–Crippen MR) is 120 cm³/mol. The van der Waals surface area contributed by atoms with Crippen molar-refractivity contribution < 1.29 is 18.3 Å². The Labute approximate surface area is 184 Å². The van der Waals surface area contributed by atoms with E-state index >= 15 is 0 Å². The van der Waals surface area contributed by atoms with Gasteiger partial charge in [0.2, 0.25) is 0 Å². The van der Waals surface area contributed by atoms with Crippen LogP contribution in [0, 0.1) is 5.82 Å². The molecule has 0 saturated carbocycles. The molecule has 0 aliphatic rings. The molecule has 164 valence electrons. The van der Waals surface area contributed by atoms with Gasteiger partial charge in [-0.05, 0) is 53.8 Å². The summed E-state index contributed by atoms with van der Waals surface area (Å²) in [5.74, 6) is -1.08. The zero-order valence-electron chi connectivity index (χ0n) is 17.4. The van der Waals surface area contributed by atoms with Gasteiger partial charge in [0.05, 0.1) is 6.61 Å². The van der Waals surface area contributed by atoms with Crippen LogP contribution in [0.4, 0.5) is 9.18 Å². The second kappa shape index (κ2) is 10.1. The third-order valence-corrected chi connectivity index (χ3v) is 5.06. The number of carbonyl (C=O) groups excluding carboxylic acids is 1. The third-order valence-electron chi connectivity index (χ3n) is 5.06. The minimum absolute atomic E-state index is 0.310. The number of hydrogen-bond donors (Lipinski definition) is 1. The lowest BCUT2D eigenvalue weighted by Gasteiger charge is -2.07. The number of fused-ring (bicyclic) bond motifs is 1. The molecule has 1 heterocycles. The maximum atomic E-state index is 13.2.